The first-order valence-electron chi connectivity index (χ1n) is 11.9. The number of rotatable bonds is 7. The van der Waals surface area contributed by atoms with Crippen molar-refractivity contribution in [2.24, 2.45) is 0 Å². The third kappa shape index (κ3) is 4.89. The number of anilines is 3. The molecule has 182 valence electrons. The SMILES string of the molecule is C[C@@H]1CN(c2cccc(C(CCO)Nc3ncnc4[nH]cc(-c5ccnc(N)c5)c34)n2)C[C@H](C)N1. The van der Waals surface area contributed by atoms with Gasteiger partial charge in [0.1, 0.15) is 29.4 Å². The zero-order chi connectivity index (χ0) is 24.4. The summed E-state index contributed by atoms with van der Waals surface area (Å²) >= 11 is 0. The summed E-state index contributed by atoms with van der Waals surface area (Å²) in [5.74, 6) is 2.05. The fraction of sp³-hybridized carbons (Fsp3) is 0.360. The first-order valence-corrected chi connectivity index (χ1v) is 11.9. The van der Waals surface area contributed by atoms with E-state index in [2.05, 4.69) is 49.3 Å². The molecule has 0 aromatic carbocycles. The van der Waals surface area contributed by atoms with Gasteiger partial charge >= 0.3 is 0 Å². The van der Waals surface area contributed by atoms with Gasteiger partial charge in [-0.25, -0.2) is 19.9 Å². The van der Waals surface area contributed by atoms with Crippen LogP contribution in [0.2, 0.25) is 0 Å². The molecule has 0 radical (unpaired) electrons. The van der Waals surface area contributed by atoms with Crippen molar-refractivity contribution in [1.82, 2.24) is 30.2 Å². The summed E-state index contributed by atoms with van der Waals surface area (Å²) in [5, 5.41) is 17.8. The normalized spacial score (nSPS) is 19.1. The monoisotopic (exact) mass is 473 g/mol. The van der Waals surface area contributed by atoms with Gasteiger partial charge < -0.3 is 31.4 Å². The number of aliphatic hydroxyl groups is 1. The topological polar surface area (TPSA) is 141 Å². The van der Waals surface area contributed by atoms with Gasteiger partial charge in [0.2, 0.25) is 0 Å². The highest BCUT2D eigenvalue weighted by molar-refractivity contribution is 6.01. The molecule has 3 atom stereocenters. The van der Waals surface area contributed by atoms with Gasteiger partial charge in [0, 0.05) is 49.7 Å². The van der Waals surface area contributed by atoms with Gasteiger partial charge in [0.25, 0.3) is 0 Å². The molecule has 5 rings (SSSR count). The first kappa shape index (κ1) is 23.0. The minimum absolute atomic E-state index is 0.0143. The molecule has 1 aliphatic heterocycles. The highest BCUT2D eigenvalue weighted by atomic mass is 16.3. The third-order valence-electron chi connectivity index (χ3n) is 6.29. The third-order valence-corrected chi connectivity index (χ3v) is 6.29. The van der Waals surface area contributed by atoms with Crippen LogP contribution in [0.5, 0.6) is 0 Å². The van der Waals surface area contributed by atoms with Gasteiger partial charge in [-0.2, -0.15) is 0 Å². The Balaban J connectivity index is 1.49. The van der Waals surface area contributed by atoms with E-state index < -0.39 is 0 Å². The Kier molecular flexibility index (Phi) is 6.47. The van der Waals surface area contributed by atoms with E-state index in [1.807, 2.05) is 36.5 Å². The van der Waals surface area contributed by atoms with E-state index in [0.29, 0.717) is 35.8 Å². The van der Waals surface area contributed by atoms with Crippen LogP contribution in [0.3, 0.4) is 0 Å². The van der Waals surface area contributed by atoms with Crippen molar-refractivity contribution in [2.45, 2.75) is 38.4 Å². The quantitative estimate of drug-likeness (QED) is 0.274. The average molecular weight is 474 g/mol. The molecule has 1 aliphatic rings. The van der Waals surface area contributed by atoms with E-state index in [1.165, 1.54) is 6.33 Å². The lowest BCUT2D eigenvalue weighted by Crippen LogP contribution is -2.54. The van der Waals surface area contributed by atoms with Crippen molar-refractivity contribution in [1.29, 1.82) is 0 Å². The van der Waals surface area contributed by atoms with Gasteiger partial charge in [-0.05, 0) is 50.1 Å². The Morgan fingerprint density at radius 1 is 1.17 bits per heavy atom. The van der Waals surface area contributed by atoms with E-state index in [9.17, 15) is 5.11 Å². The lowest BCUT2D eigenvalue weighted by atomic mass is 10.1. The van der Waals surface area contributed by atoms with Crippen LogP contribution in [0.15, 0.2) is 49.1 Å². The Hall–Kier alpha value is -3.76. The predicted octanol–water partition coefficient (Wildman–Crippen LogP) is 2.72. The van der Waals surface area contributed by atoms with Crippen molar-refractivity contribution in [2.75, 3.05) is 35.6 Å². The summed E-state index contributed by atoms with van der Waals surface area (Å²) in [5.41, 5.74) is 9.33. The Bertz CT molecular complexity index is 1300. The maximum absolute atomic E-state index is 9.85. The number of fused-ring (bicyclic) bond motifs is 1. The number of nitrogens with two attached hydrogens (primary N) is 1. The molecular formula is C25H31N9O. The molecule has 4 aromatic heterocycles. The molecule has 35 heavy (non-hydrogen) atoms. The highest BCUT2D eigenvalue weighted by Gasteiger charge is 2.23. The molecule has 0 aliphatic carbocycles. The average Bonchev–Trinajstić information content (AvgIpc) is 3.29. The number of aliphatic hydroxyl groups excluding tert-OH is 1. The van der Waals surface area contributed by atoms with Gasteiger partial charge in [-0.1, -0.05) is 6.07 Å². The van der Waals surface area contributed by atoms with Crippen molar-refractivity contribution >= 4 is 28.5 Å². The molecule has 5 heterocycles. The largest absolute Gasteiger partial charge is 0.396 e. The molecule has 6 N–H and O–H groups in total. The maximum atomic E-state index is 9.85. The minimum atomic E-state index is -0.235. The van der Waals surface area contributed by atoms with Crippen molar-refractivity contribution in [3.8, 4) is 11.1 Å². The second kappa shape index (κ2) is 9.85. The second-order valence-electron chi connectivity index (χ2n) is 9.12. The summed E-state index contributed by atoms with van der Waals surface area (Å²) in [6.07, 6.45) is 5.58. The number of aromatic amines is 1. The Labute approximate surface area is 204 Å². The first-order chi connectivity index (χ1) is 17.0. The summed E-state index contributed by atoms with van der Waals surface area (Å²) in [4.78, 5) is 23.6. The summed E-state index contributed by atoms with van der Waals surface area (Å²) in [6.45, 7) is 6.18. The van der Waals surface area contributed by atoms with Crippen LogP contribution < -0.4 is 21.3 Å². The number of aromatic nitrogens is 5. The number of hydrogen-bond acceptors (Lipinski definition) is 9. The van der Waals surface area contributed by atoms with E-state index in [0.717, 1.165) is 41.1 Å². The number of H-pyrrole nitrogens is 1. The smallest absolute Gasteiger partial charge is 0.143 e. The number of hydrogen-bond donors (Lipinski definition) is 5. The molecule has 0 amide bonds. The van der Waals surface area contributed by atoms with E-state index >= 15 is 0 Å². The van der Waals surface area contributed by atoms with Crippen LogP contribution in [0.1, 0.15) is 32.0 Å². The number of piperazine rings is 1. The van der Waals surface area contributed by atoms with Gasteiger partial charge in [-0.15, -0.1) is 0 Å². The number of nitrogens with zero attached hydrogens (tertiary/aromatic N) is 5. The molecule has 0 spiro atoms. The molecule has 0 bridgehead atoms. The van der Waals surface area contributed by atoms with Gasteiger partial charge in [0.05, 0.1) is 17.1 Å². The molecule has 4 aromatic rings. The second-order valence-corrected chi connectivity index (χ2v) is 9.12. The Morgan fingerprint density at radius 3 is 2.77 bits per heavy atom. The molecule has 1 saturated heterocycles. The van der Waals surface area contributed by atoms with Crippen LogP contribution in [0, 0.1) is 0 Å². The van der Waals surface area contributed by atoms with E-state index in [-0.39, 0.29) is 12.6 Å². The van der Waals surface area contributed by atoms with Crippen molar-refractivity contribution < 1.29 is 5.11 Å². The van der Waals surface area contributed by atoms with Crippen molar-refractivity contribution in [3.63, 3.8) is 0 Å². The highest BCUT2D eigenvalue weighted by Crippen LogP contribution is 2.34. The zero-order valence-electron chi connectivity index (χ0n) is 19.9. The summed E-state index contributed by atoms with van der Waals surface area (Å²) < 4.78 is 0. The number of nitrogen functional groups attached to an aromatic ring is 1. The summed E-state index contributed by atoms with van der Waals surface area (Å²) in [6, 6.07) is 10.3. The molecule has 0 saturated carbocycles. The minimum Gasteiger partial charge on any atom is -0.396 e. The van der Waals surface area contributed by atoms with E-state index in [4.69, 9.17) is 10.7 Å². The van der Waals surface area contributed by atoms with Crippen LogP contribution in [0.25, 0.3) is 22.2 Å². The number of nitrogens with one attached hydrogen (secondary N) is 3. The molecule has 10 heteroatoms. The lowest BCUT2D eigenvalue weighted by molar-refractivity contribution is 0.279. The van der Waals surface area contributed by atoms with Gasteiger partial charge in [0.15, 0.2) is 0 Å². The molecular weight excluding hydrogens is 442 g/mol. The van der Waals surface area contributed by atoms with Crippen LogP contribution in [-0.2, 0) is 0 Å². The van der Waals surface area contributed by atoms with Crippen LogP contribution >= 0.6 is 0 Å². The molecule has 10 nitrogen and oxygen atoms in total. The van der Waals surface area contributed by atoms with Gasteiger partial charge in [-0.3, -0.25) is 0 Å². The van der Waals surface area contributed by atoms with E-state index in [1.54, 1.807) is 6.20 Å². The fourth-order valence-electron chi connectivity index (χ4n) is 4.83. The lowest BCUT2D eigenvalue weighted by Gasteiger charge is -2.37. The fourth-order valence-corrected chi connectivity index (χ4v) is 4.83. The molecule has 1 unspecified atom stereocenters. The van der Waals surface area contributed by atoms with Crippen LogP contribution in [-0.4, -0.2) is 61.8 Å². The molecule has 1 fully saturated rings. The summed E-state index contributed by atoms with van der Waals surface area (Å²) in [7, 11) is 0. The van der Waals surface area contributed by atoms with Crippen molar-refractivity contribution in [3.05, 3.63) is 54.7 Å². The van der Waals surface area contributed by atoms with Crippen LogP contribution in [0.4, 0.5) is 17.5 Å². The standard InChI is InChI=1S/C25H31N9O/c1-15-12-34(13-16(2)31-15)22-5-3-4-19(32-22)20(7-9-35)33-25-23-18(11-28-24(23)29-14-30-25)17-6-8-27-21(26)10-17/h3-6,8,10-11,14-16,20,31,35H,7,9,12-13H2,1-2H3,(H2,26,27)(H2,28,29,30,33)/t15-,16+,20?. The Morgan fingerprint density at radius 2 is 2.00 bits per heavy atom. The predicted molar refractivity (Wildman–Crippen MR) is 138 cm³/mol. The maximum Gasteiger partial charge on any atom is 0.143 e. The number of pyridine rings is 2. The zero-order valence-corrected chi connectivity index (χ0v) is 19.9.